The van der Waals surface area contributed by atoms with E-state index in [1.165, 1.54) is 6.26 Å². The van der Waals surface area contributed by atoms with Crippen molar-refractivity contribution in [2.45, 2.75) is 51.4 Å². The summed E-state index contributed by atoms with van der Waals surface area (Å²) in [6, 6.07) is 26.0. The number of nitrogens with one attached hydrogen (secondary N) is 3. The molecular weight excluding hydrogens is 560 g/mol. The minimum atomic E-state index is -1.40. The van der Waals surface area contributed by atoms with Crippen LogP contribution in [-0.2, 0) is 28.9 Å². The van der Waals surface area contributed by atoms with Crippen molar-refractivity contribution in [3.63, 3.8) is 0 Å². The Bertz CT molecular complexity index is 1570. The number of carbonyl (C=O) groups is 2. The van der Waals surface area contributed by atoms with Crippen LogP contribution in [0.25, 0.3) is 10.8 Å². The van der Waals surface area contributed by atoms with E-state index in [2.05, 4.69) is 25.3 Å². The fourth-order valence-corrected chi connectivity index (χ4v) is 5.26. The maximum absolute atomic E-state index is 13.5. The topological polar surface area (TPSA) is 139 Å². The Morgan fingerprint density at radius 3 is 2.42 bits per heavy atom. The number of benzene rings is 3. The first kappa shape index (κ1) is 31.5. The number of carbonyl (C=O) groups excluding carboxylic acids is 2. The summed E-state index contributed by atoms with van der Waals surface area (Å²) < 4.78 is 15.2. The predicted molar refractivity (Wildman–Crippen MR) is 173 cm³/mol. The average molecular weight is 599 g/mol. The van der Waals surface area contributed by atoms with Crippen LogP contribution >= 0.6 is 0 Å². The van der Waals surface area contributed by atoms with Gasteiger partial charge in [0.1, 0.15) is 22.9 Å². The molecule has 0 spiro atoms. The Kier molecular flexibility index (Phi) is 11.5. The Hall–Kier alpha value is -4.41. The van der Waals surface area contributed by atoms with Gasteiger partial charge in [-0.2, -0.15) is 4.40 Å². The summed E-state index contributed by atoms with van der Waals surface area (Å²) in [4.78, 5) is 31.1. The summed E-state index contributed by atoms with van der Waals surface area (Å²) in [5.41, 5.74) is 9.30. The molecule has 224 valence electrons. The van der Waals surface area contributed by atoms with Gasteiger partial charge in [-0.3, -0.25) is 14.6 Å². The zero-order chi connectivity index (χ0) is 30.6. The molecule has 0 aliphatic rings. The first-order chi connectivity index (χ1) is 20.8. The van der Waals surface area contributed by atoms with Gasteiger partial charge < -0.3 is 21.7 Å². The molecule has 4 rings (SSSR count). The molecule has 4 aromatic rings. The van der Waals surface area contributed by atoms with Gasteiger partial charge >= 0.3 is 0 Å². The Labute approximate surface area is 255 Å². The second-order valence-corrected chi connectivity index (χ2v) is 11.4. The van der Waals surface area contributed by atoms with E-state index in [0.29, 0.717) is 37.9 Å². The molecule has 1 unspecified atom stereocenters. The van der Waals surface area contributed by atoms with E-state index < -0.39 is 17.0 Å². The summed E-state index contributed by atoms with van der Waals surface area (Å²) in [6.07, 6.45) is 4.38. The van der Waals surface area contributed by atoms with Crippen LogP contribution in [0.4, 0.5) is 0 Å². The van der Waals surface area contributed by atoms with Crippen molar-refractivity contribution in [2.75, 3.05) is 6.26 Å². The summed E-state index contributed by atoms with van der Waals surface area (Å²) in [6.45, 7) is 3.20. The average Bonchev–Trinajstić information content (AvgIpc) is 3.00. The van der Waals surface area contributed by atoms with E-state index in [1.807, 2.05) is 79.7 Å². The summed E-state index contributed by atoms with van der Waals surface area (Å²) in [5.74, 6) is -0.386. The summed E-state index contributed by atoms with van der Waals surface area (Å²) in [5, 5.41) is 11.5. The smallest absolute Gasteiger partial charge is 0.251 e. The van der Waals surface area contributed by atoms with Gasteiger partial charge in [0.05, 0.1) is 11.7 Å². The van der Waals surface area contributed by atoms with E-state index >= 15 is 0 Å². The zero-order valence-corrected chi connectivity index (χ0v) is 25.3. The van der Waals surface area contributed by atoms with Gasteiger partial charge in [0.15, 0.2) is 0 Å². The van der Waals surface area contributed by atoms with E-state index in [1.54, 1.807) is 18.3 Å². The van der Waals surface area contributed by atoms with Crippen molar-refractivity contribution >= 4 is 39.4 Å². The molecule has 0 saturated heterocycles. The maximum atomic E-state index is 13.5. The van der Waals surface area contributed by atoms with Crippen LogP contribution < -0.4 is 21.7 Å². The first-order valence-corrected chi connectivity index (χ1v) is 15.8. The highest BCUT2D eigenvalue weighted by Crippen LogP contribution is 2.24. The lowest BCUT2D eigenvalue weighted by molar-refractivity contribution is -0.123. The van der Waals surface area contributed by atoms with Gasteiger partial charge in [-0.1, -0.05) is 60.7 Å². The molecule has 9 nitrogen and oxygen atoms in total. The molecule has 1 heterocycles. The number of pyridine rings is 1. The molecule has 0 aliphatic heterocycles. The standard InChI is InChI=1S/C33H38N6O3S/c1-23(28-13-7-10-25-9-3-4-12-29(25)28)37-33(41)30(14-8-15-31(34)39-43(2)42)38-32(40)26-18-16-24(17-19-26)21-35-22-27-11-5-6-20-36-27/h3-7,9-13,16-20,23,30,35H,8,14-15,21-22H2,1-2H3,(H2,34,39)(H,37,41)(H,38,40)/t23-,30-,43?/m0/s1. The molecule has 43 heavy (non-hydrogen) atoms. The second kappa shape index (κ2) is 15.7. The minimum absolute atomic E-state index is 0.252. The van der Waals surface area contributed by atoms with E-state index in [9.17, 15) is 13.8 Å². The van der Waals surface area contributed by atoms with Crippen LogP contribution in [0.5, 0.6) is 0 Å². The maximum Gasteiger partial charge on any atom is 0.251 e. The van der Waals surface area contributed by atoms with Crippen molar-refractivity contribution < 1.29 is 13.8 Å². The highest BCUT2D eigenvalue weighted by Gasteiger charge is 2.24. The fourth-order valence-electron chi connectivity index (χ4n) is 4.84. The van der Waals surface area contributed by atoms with Crippen molar-refractivity contribution in [2.24, 2.45) is 10.1 Å². The number of fused-ring (bicyclic) bond motifs is 1. The third kappa shape index (κ3) is 9.56. The Morgan fingerprint density at radius 1 is 0.930 bits per heavy atom. The van der Waals surface area contributed by atoms with Gasteiger partial charge in [0.2, 0.25) is 5.91 Å². The lowest BCUT2D eigenvalue weighted by atomic mass is 9.99. The van der Waals surface area contributed by atoms with E-state index in [4.69, 9.17) is 5.73 Å². The highest BCUT2D eigenvalue weighted by atomic mass is 32.2. The predicted octanol–water partition coefficient (Wildman–Crippen LogP) is 4.32. The van der Waals surface area contributed by atoms with Gasteiger partial charge in [-0.05, 0) is 65.9 Å². The number of amidine groups is 1. The number of nitrogens with zero attached hydrogens (tertiary/aromatic N) is 2. The lowest BCUT2D eigenvalue weighted by Gasteiger charge is -2.22. The van der Waals surface area contributed by atoms with E-state index in [-0.39, 0.29) is 23.7 Å². The number of nitrogens with two attached hydrogens (primary N) is 1. The van der Waals surface area contributed by atoms with Crippen LogP contribution in [0.2, 0.25) is 0 Å². The molecule has 2 amide bonds. The molecule has 0 saturated carbocycles. The third-order valence-corrected chi connectivity index (χ3v) is 7.51. The lowest BCUT2D eigenvalue weighted by Crippen LogP contribution is -2.47. The Balaban J connectivity index is 1.41. The SMILES string of the molecule is C[C@H](NC(=O)[C@H](CCCC(N)=NS(C)=O)NC(=O)c1ccc(CNCc2ccccn2)cc1)c1cccc2ccccc12. The van der Waals surface area contributed by atoms with Gasteiger partial charge in [-0.25, -0.2) is 4.21 Å². The second-order valence-electron chi connectivity index (χ2n) is 10.3. The van der Waals surface area contributed by atoms with E-state index in [0.717, 1.165) is 27.6 Å². The van der Waals surface area contributed by atoms with Crippen LogP contribution in [0.15, 0.2) is 95.5 Å². The fraction of sp³-hybridized carbons (Fsp3) is 0.273. The van der Waals surface area contributed by atoms with Crippen molar-refractivity contribution in [1.29, 1.82) is 0 Å². The van der Waals surface area contributed by atoms with Gasteiger partial charge in [0, 0.05) is 37.5 Å². The number of hydrogen-bond donors (Lipinski definition) is 4. The normalized spacial score (nSPS) is 13.7. The third-order valence-electron chi connectivity index (χ3n) is 7.02. The van der Waals surface area contributed by atoms with Crippen LogP contribution in [-0.4, -0.2) is 39.1 Å². The molecule has 3 atom stereocenters. The monoisotopic (exact) mass is 598 g/mol. The van der Waals surface area contributed by atoms with Crippen LogP contribution in [0.3, 0.4) is 0 Å². The largest absolute Gasteiger partial charge is 0.387 e. The first-order valence-electron chi connectivity index (χ1n) is 14.2. The van der Waals surface area contributed by atoms with Gasteiger partial charge in [-0.15, -0.1) is 0 Å². The summed E-state index contributed by atoms with van der Waals surface area (Å²) >= 11 is 0. The molecule has 0 bridgehead atoms. The molecule has 0 aliphatic carbocycles. The number of rotatable bonds is 14. The molecule has 0 radical (unpaired) electrons. The zero-order valence-electron chi connectivity index (χ0n) is 24.5. The molecule has 5 N–H and O–H groups in total. The molecule has 10 heteroatoms. The molecule has 3 aromatic carbocycles. The quantitative estimate of drug-likeness (QED) is 0.126. The highest BCUT2D eigenvalue weighted by molar-refractivity contribution is 7.83. The van der Waals surface area contributed by atoms with Crippen molar-refractivity contribution in [3.8, 4) is 0 Å². The van der Waals surface area contributed by atoms with Crippen LogP contribution in [0.1, 0.15) is 59.4 Å². The van der Waals surface area contributed by atoms with Gasteiger partial charge in [0.25, 0.3) is 5.91 Å². The van der Waals surface area contributed by atoms with Crippen molar-refractivity contribution in [3.05, 3.63) is 114 Å². The summed E-state index contributed by atoms with van der Waals surface area (Å²) in [7, 11) is -1.40. The minimum Gasteiger partial charge on any atom is -0.387 e. The molecule has 1 aromatic heterocycles. The van der Waals surface area contributed by atoms with Crippen LogP contribution in [0, 0.1) is 0 Å². The van der Waals surface area contributed by atoms with Crippen molar-refractivity contribution in [1.82, 2.24) is 20.9 Å². The molecule has 0 fully saturated rings. The number of hydrogen-bond acceptors (Lipinski definition) is 5. The number of amides is 2. The molecular formula is C33H38N6O3S. The number of aromatic nitrogens is 1. The Morgan fingerprint density at radius 2 is 1.67 bits per heavy atom.